The molecule has 0 radical (unpaired) electrons. The zero-order chi connectivity index (χ0) is 22.1. The van der Waals surface area contributed by atoms with Crippen molar-refractivity contribution in [1.29, 1.82) is 0 Å². The molecule has 3 heteroatoms. The molecule has 3 aliphatic carbocycles. The molecule has 3 nitrogen and oxygen atoms in total. The van der Waals surface area contributed by atoms with Crippen molar-refractivity contribution in [3.8, 4) is 11.8 Å². The van der Waals surface area contributed by atoms with Gasteiger partial charge in [0.2, 0.25) is 0 Å². The summed E-state index contributed by atoms with van der Waals surface area (Å²) in [7, 11) is 0. The smallest absolute Gasteiger partial charge is 0.119 e. The summed E-state index contributed by atoms with van der Waals surface area (Å²) in [6.07, 6.45) is 11.9. The molecule has 0 spiro atoms. The van der Waals surface area contributed by atoms with Gasteiger partial charge in [-0.3, -0.25) is 0 Å². The molecular formula is C27H38O3. The van der Waals surface area contributed by atoms with E-state index in [1.807, 2.05) is 0 Å². The predicted octanol–water partition coefficient (Wildman–Crippen LogP) is 4.85. The lowest BCUT2D eigenvalue weighted by molar-refractivity contribution is 0.0862. The normalized spacial score (nSPS) is 35.6. The summed E-state index contributed by atoms with van der Waals surface area (Å²) in [6.45, 7) is 12.1. The van der Waals surface area contributed by atoms with Crippen LogP contribution in [0.15, 0.2) is 47.1 Å². The monoisotopic (exact) mass is 410 g/mol. The second kappa shape index (κ2) is 8.87. The zero-order valence-corrected chi connectivity index (χ0v) is 19.0. The molecule has 0 aliphatic heterocycles. The molecule has 3 rings (SSSR count). The first-order chi connectivity index (χ1) is 14.0. The molecule has 2 saturated carbocycles. The van der Waals surface area contributed by atoms with Gasteiger partial charge in [0.05, 0.1) is 12.2 Å². The van der Waals surface area contributed by atoms with Gasteiger partial charge in [0.15, 0.2) is 0 Å². The summed E-state index contributed by atoms with van der Waals surface area (Å²) in [6, 6.07) is 0. The largest absolute Gasteiger partial charge is 0.393 e. The fourth-order valence-corrected chi connectivity index (χ4v) is 5.61. The van der Waals surface area contributed by atoms with E-state index in [1.165, 1.54) is 24.0 Å². The molecule has 2 fully saturated rings. The van der Waals surface area contributed by atoms with Crippen LogP contribution >= 0.6 is 0 Å². The van der Waals surface area contributed by atoms with Crippen molar-refractivity contribution >= 4 is 0 Å². The maximum absolute atomic E-state index is 10.1. The van der Waals surface area contributed by atoms with Crippen LogP contribution in [0.4, 0.5) is 0 Å². The van der Waals surface area contributed by atoms with Crippen LogP contribution in [0.25, 0.3) is 0 Å². The molecular weight excluding hydrogens is 372 g/mol. The Bertz CT molecular complexity index is 826. The minimum absolute atomic E-state index is 0.168. The van der Waals surface area contributed by atoms with E-state index in [9.17, 15) is 15.3 Å². The first kappa shape index (κ1) is 23.1. The minimum atomic E-state index is -0.936. The molecule has 5 atom stereocenters. The lowest BCUT2D eigenvalue weighted by Gasteiger charge is -2.42. The number of hydrogen-bond donors (Lipinski definition) is 3. The van der Waals surface area contributed by atoms with Crippen molar-refractivity contribution in [3.63, 3.8) is 0 Å². The van der Waals surface area contributed by atoms with Crippen LogP contribution in [-0.4, -0.2) is 33.1 Å². The van der Waals surface area contributed by atoms with Crippen molar-refractivity contribution in [2.45, 2.75) is 90.4 Å². The fourth-order valence-electron chi connectivity index (χ4n) is 5.61. The van der Waals surface area contributed by atoms with Crippen molar-refractivity contribution in [3.05, 3.63) is 47.1 Å². The van der Waals surface area contributed by atoms with E-state index < -0.39 is 17.8 Å². The first-order valence-electron chi connectivity index (χ1n) is 11.4. The van der Waals surface area contributed by atoms with Crippen LogP contribution in [0.2, 0.25) is 0 Å². The number of rotatable bonds is 3. The molecule has 3 unspecified atom stereocenters. The Hall–Kier alpha value is -1.60. The lowest BCUT2D eigenvalue weighted by atomic mass is 9.62. The Labute approximate surface area is 182 Å². The maximum Gasteiger partial charge on any atom is 0.119 e. The average molecular weight is 411 g/mol. The van der Waals surface area contributed by atoms with Gasteiger partial charge in [-0.2, -0.15) is 0 Å². The molecule has 0 bridgehead atoms. The van der Waals surface area contributed by atoms with Gasteiger partial charge in [-0.05, 0) is 74.3 Å². The Kier molecular flexibility index (Phi) is 6.82. The topological polar surface area (TPSA) is 60.7 Å². The van der Waals surface area contributed by atoms with Crippen LogP contribution in [0.5, 0.6) is 0 Å². The third kappa shape index (κ3) is 4.99. The highest BCUT2D eigenvalue weighted by Gasteiger charge is 2.45. The Balaban J connectivity index is 1.76. The maximum atomic E-state index is 10.1. The van der Waals surface area contributed by atoms with E-state index in [1.54, 1.807) is 13.8 Å². The van der Waals surface area contributed by atoms with Crippen LogP contribution in [0.3, 0.4) is 0 Å². The quantitative estimate of drug-likeness (QED) is 0.460. The van der Waals surface area contributed by atoms with Crippen LogP contribution in [0, 0.1) is 29.1 Å². The molecule has 30 heavy (non-hydrogen) atoms. The Morgan fingerprint density at radius 1 is 1.33 bits per heavy atom. The van der Waals surface area contributed by atoms with E-state index in [0.29, 0.717) is 24.7 Å². The van der Waals surface area contributed by atoms with E-state index >= 15 is 0 Å². The summed E-state index contributed by atoms with van der Waals surface area (Å²) in [5.41, 5.74) is 3.95. The third-order valence-electron chi connectivity index (χ3n) is 7.21. The average Bonchev–Trinajstić information content (AvgIpc) is 3.00. The highest BCUT2D eigenvalue weighted by Crippen LogP contribution is 2.56. The Morgan fingerprint density at radius 2 is 2.07 bits per heavy atom. The molecule has 0 aromatic carbocycles. The lowest BCUT2D eigenvalue weighted by Crippen LogP contribution is -2.32. The summed E-state index contributed by atoms with van der Waals surface area (Å²) >= 11 is 0. The molecule has 3 aliphatic rings. The van der Waals surface area contributed by atoms with Crippen LogP contribution < -0.4 is 0 Å². The van der Waals surface area contributed by atoms with Gasteiger partial charge in [-0.15, -0.1) is 0 Å². The van der Waals surface area contributed by atoms with Gasteiger partial charge >= 0.3 is 0 Å². The van der Waals surface area contributed by atoms with Crippen molar-refractivity contribution < 1.29 is 15.3 Å². The van der Waals surface area contributed by atoms with Gasteiger partial charge in [0.1, 0.15) is 5.60 Å². The molecule has 0 aromatic heterocycles. The van der Waals surface area contributed by atoms with Gasteiger partial charge in [-0.1, -0.05) is 61.6 Å². The van der Waals surface area contributed by atoms with Gasteiger partial charge in [0, 0.05) is 12.8 Å². The van der Waals surface area contributed by atoms with Crippen LogP contribution in [-0.2, 0) is 0 Å². The number of aliphatic hydroxyl groups excluding tert-OH is 2. The molecule has 0 heterocycles. The van der Waals surface area contributed by atoms with Crippen LogP contribution in [0.1, 0.15) is 72.6 Å². The molecule has 3 N–H and O–H groups in total. The number of fused-ring (bicyclic) bond motifs is 1. The van der Waals surface area contributed by atoms with E-state index in [0.717, 1.165) is 30.4 Å². The molecule has 164 valence electrons. The van der Waals surface area contributed by atoms with Crippen molar-refractivity contribution in [1.82, 2.24) is 0 Å². The van der Waals surface area contributed by atoms with Gasteiger partial charge < -0.3 is 15.3 Å². The number of aliphatic hydroxyl groups is 3. The second-order valence-electron chi connectivity index (χ2n) is 10.3. The van der Waals surface area contributed by atoms with Gasteiger partial charge in [-0.25, -0.2) is 0 Å². The summed E-state index contributed by atoms with van der Waals surface area (Å²) in [5.74, 6) is 7.03. The molecule has 0 saturated heterocycles. The third-order valence-corrected chi connectivity index (χ3v) is 7.21. The van der Waals surface area contributed by atoms with Crippen molar-refractivity contribution in [2.75, 3.05) is 0 Å². The number of hydrogen-bond acceptors (Lipinski definition) is 3. The summed E-state index contributed by atoms with van der Waals surface area (Å²) < 4.78 is 0. The highest BCUT2D eigenvalue weighted by molar-refractivity contribution is 5.40. The fraction of sp³-hybridized carbons (Fsp3) is 0.630. The first-order valence-corrected chi connectivity index (χ1v) is 11.4. The van der Waals surface area contributed by atoms with E-state index in [2.05, 4.69) is 50.5 Å². The molecule has 0 aromatic rings. The minimum Gasteiger partial charge on any atom is -0.393 e. The SMILES string of the molecule is C=C1C(=CC=C2CCC[C@]3(C)C(C(C)CC#CC(C)(C)O)=CCC23)CC(O)C[C@@H]1O. The second-order valence-corrected chi connectivity index (χ2v) is 10.3. The highest BCUT2D eigenvalue weighted by atomic mass is 16.3. The summed E-state index contributed by atoms with van der Waals surface area (Å²) in [4.78, 5) is 0. The molecule has 0 amide bonds. The van der Waals surface area contributed by atoms with Gasteiger partial charge in [0.25, 0.3) is 0 Å². The number of allylic oxidation sites excluding steroid dienone is 5. The standard InChI is InChI=1S/C27H38O3/c1-18(8-6-14-26(3,4)30)23-12-13-24-20(9-7-15-27(23,24)5)10-11-21-16-22(28)17-25(29)19(21)2/h10-12,18,22,24-25,28-30H,2,7-9,13,15-17H2,1,3-5H3/t18?,22?,24?,25-,27+/m0/s1. The van der Waals surface area contributed by atoms with E-state index in [-0.39, 0.29) is 5.41 Å². The summed E-state index contributed by atoms with van der Waals surface area (Å²) in [5, 5.41) is 30.0. The predicted molar refractivity (Wildman–Crippen MR) is 123 cm³/mol. The zero-order valence-electron chi connectivity index (χ0n) is 19.0. The van der Waals surface area contributed by atoms with E-state index in [4.69, 9.17) is 0 Å². The Morgan fingerprint density at radius 3 is 2.77 bits per heavy atom. The van der Waals surface area contributed by atoms with Crippen molar-refractivity contribution in [2.24, 2.45) is 17.3 Å².